The van der Waals surface area contributed by atoms with Crippen LogP contribution in [0.5, 0.6) is 0 Å². The van der Waals surface area contributed by atoms with Gasteiger partial charge in [0.05, 0.1) is 5.02 Å². The minimum Gasteiger partial charge on any atom is -0.316 e. The van der Waals surface area contributed by atoms with Crippen molar-refractivity contribution in [1.29, 1.82) is 0 Å². The summed E-state index contributed by atoms with van der Waals surface area (Å²) in [6.45, 7) is 3.45. The molecule has 0 aliphatic carbocycles. The first-order valence-corrected chi connectivity index (χ1v) is 6.08. The molecule has 1 aromatic rings. The third kappa shape index (κ3) is 2.50. The highest BCUT2D eigenvalue weighted by Crippen LogP contribution is 2.28. The lowest BCUT2D eigenvalue weighted by molar-refractivity contribution is -0.126. The second-order valence-corrected chi connectivity index (χ2v) is 5.21. The van der Waals surface area contributed by atoms with Crippen molar-refractivity contribution in [1.82, 2.24) is 5.32 Å². The van der Waals surface area contributed by atoms with Gasteiger partial charge in [0.2, 0.25) is 0 Å². The quantitative estimate of drug-likeness (QED) is 0.900. The SMILES string of the molecule is CC1(C(=O)Cc2cccc(Cl)c2F)CCNC1. The van der Waals surface area contributed by atoms with E-state index in [0.717, 1.165) is 13.0 Å². The zero-order valence-corrected chi connectivity index (χ0v) is 10.5. The average Bonchev–Trinajstić information content (AvgIpc) is 2.73. The summed E-state index contributed by atoms with van der Waals surface area (Å²) in [4.78, 5) is 12.2. The maximum absolute atomic E-state index is 13.7. The van der Waals surface area contributed by atoms with Crippen molar-refractivity contribution in [3.05, 3.63) is 34.6 Å². The Bertz CT molecular complexity index is 441. The smallest absolute Gasteiger partial charge is 0.145 e. The predicted octanol–water partition coefficient (Wildman–Crippen LogP) is 2.59. The summed E-state index contributed by atoms with van der Waals surface area (Å²) < 4.78 is 13.7. The molecule has 1 aromatic carbocycles. The zero-order valence-electron chi connectivity index (χ0n) is 9.72. The first-order chi connectivity index (χ1) is 8.03. The van der Waals surface area contributed by atoms with Gasteiger partial charge in [-0.15, -0.1) is 0 Å². The molecule has 1 saturated heterocycles. The molecule has 1 fully saturated rings. The van der Waals surface area contributed by atoms with E-state index >= 15 is 0 Å². The van der Waals surface area contributed by atoms with E-state index in [1.165, 1.54) is 6.07 Å². The molecule has 0 aromatic heterocycles. The van der Waals surface area contributed by atoms with Crippen LogP contribution in [0.2, 0.25) is 5.02 Å². The van der Waals surface area contributed by atoms with Crippen LogP contribution in [0.15, 0.2) is 18.2 Å². The van der Waals surface area contributed by atoms with Gasteiger partial charge in [-0.2, -0.15) is 0 Å². The largest absolute Gasteiger partial charge is 0.316 e. The Morgan fingerprint density at radius 1 is 1.59 bits per heavy atom. The highest BCUT2D eigenvalue weighted by atomic mass is 35.5. The van der Waals surface area contributed by atoms with Crippen molar-refractivity contribution >= 4 is 17.4 Å². The summed E-state index contributed by atoms with van der Waals surface area (Å²) in [6, 6.07) is 4.78. The Balaban J connectivity index is 2.16. The van der Waals surface area contributed by atoms with Crippen molar-refractivity contribution in [3.63, 3.8) is 0 Å². The van der Waals surface area contributed by atoms with Crippen LogP contribution in [-0.4, -0.2) is 18.9 Å². The number of hydrogen-bond donors (Lipinski definition) is 1. The number of carbonyl (C=O) groups is 1. The Kier molecular flexibility index (Phi) is 3.50. The topological polar surface area (TPSA) is 29.1 Å². The van der Waals surface area contributed by atoms with Crippen molar-refractivity contribution in [2.75, 3.05) is 13.1 Å². The van der Waals surface area contributed by atoms with E-state index in [2.05, 4.69) is 5.32 Å². The number of rotatable bonds is 3. The van der Waals surface area contributed by atoms with E-state index in [-0.39, 0.29) is 22.6 Å². The van der Waals surface area contributed by atoms with Gasteiger partial charge in [0.25, 0.3) is 0 Å². The summed E-state index contributed by atoms with van der Waals surface area (Å²) in [5.74, 6) is -0.402. The number of hydrogen-bond acceptors (Lipinski definition) is 2. The molecule has 0 radical (unpaired) electrons. The highest BCUT2D eigenvalue weighted by molar-refractivity contribution is 6.30. The van der Waals surface area contributed by atoms with Gasteiger partial charge in [0.15, 0.2) is 0 Å². The molecule has 0 spiro atoms. The summed E-state index contributed by atoms with van der Waals surface area (Å²) >= 11 is 5.69. The summed E-state index contributed by atoms with van der Waals surface area (Å²) in [5, 5.41) is 3.24. The van der Waals surface area contributed by atoms with Gasteiger partial charge in [0, 0.05) is 18.4 Å². The number of benzene rings is 1. The van der Waals surface area contributed by atoms with E-state index < -0.39 is 5.82 Å². The second kappa shape index (κ2) is 4.75. The van der Waals surface area contributed by atoms with Gasteiger partial charge >= 0.3 is 0 Å². The van der Waals surface area contributed by atoms with Crippen LogP contribution in [0.25, 0.3) is 0 Å². The van der Waals surface area contributed by atoms with Crippen LogP contribution in [0.4, 0.5) is 4.39 Å². The zero-order chi connectivity index (χ0) is 12.5. The molecule has 0 bridgehead atoms. The normalized spacial score (nSPS) is 23.9. The molecule has 1 atom stereocenters. The molecule has 1 aliphatic rings. The third-order valence-corrected chi connectivity index (χ3v) is 3.72. The minimum absolute atomic E-state index is 0.0728. The third-order valence-electron chi connectivity index (χ3n) is 3.42. The van der Waals surface area contributed by atoms with Gasteiger partial charge < -0.3 is 5.32 Å². The van der Waals surface area contributed by atoms with Gasteiger partial charge in [-0.05, 0) is 24.6 Å². The first-order valence-electron chi connectivity index (χ1n) is 5.70. The first kappa shape index (κ1) is 12.5. The second-order valence-electron chi connectivity index (χ2n) is 4.80. The number of Topliss-reactive ketones (excluding diaryl/α,β-unsaturated/α-hetero) is 1. The fraction of sp³-hybridized carbons (Fsp3) is 0.462. The van der Waals surface area contributed by atoms with E-state index in [9.17, 15) is 9.18 Å². The maximum Gasteiger partial charge on any atom is 0.145 e. The minimum atomic E-state index is -0.475. The maximum atomic E-state index is 13.7. The Hall–Kier alpha value is -0.930. The monoisotopic (exact) mass is 255 g/mol. The predicted molar refractivity (Wildman–Crippen MR) is 65.7 cm³/mol. The number of carbonyl (C=O) groups excluding carboxylic acids is 1. The van der Waals surface area contributed by atoms with E-state index in [4.69, 9.17) is 11.6 Å². The van der Waals surface area contributed by atoms with Crippen LogP contribution in [0.1, 0.15) is 18.9 Å². The molecular weight excluding hydrogens is 241 g/mol. The fourth-order valence-corrected chi connectivity index (χ4v) is 2.32. The molecule has 2 rings (SSSR count). The Morgan fingerprint density at radius 2 is 2.35 bits per heavy atom. The molecule has 4 heteroatoms. The van der Waals surface area contributed by atoms with Gasteiger partial charge in [0.1, 0.15) is 11.6 Å². The van der Waals surface area contributed by atoms with Crippen LogP contribution < -0.4 is 5.32 Å². The molecule has 2 nitrogen and oxygen atoms in total. The van der Waals surface area contributed by atoms with E-state index in [0.29, 0.717) is 12.1 Å². The number of ketones is 1. The van der Waals surface area contributed by atoms with Crippen LogP contribution in [0, 0.1) is 11.2 Å². The molecule has 92 valence electrons. The number of halogens is 2. The summed E-state index contributed by atoms with van der Waals surface area (Å²) in [7, 11) is 0. The van der Waals surface area contributed by atoms with Gasteiger partial charge in [-0.1, -0.05) is 30.7 Å². The molecule has 0 amide bonds. The van der Waals surface area contributed by atoms with Crippen molar-refractivity contribution in [2.45, 2.75) is 19.8 Å². The lowest BCUT2D eigenvalue weighted by atomic mass is 9.82. The summed E-state index contributed by atoms with van der Waals surface area (Å²) in [5.41, 5.74) is 0.0185. The van der Waals surface area contributed by atoms with E-state index in [1.807, 2.05) is 6.92 Å². The molecular formula is C13H15ClFNO. The Morgan fingerprint density at radius 3 is 3.00 bits per heavy atom. The van der Waals surface area contributed by atoms with Gasteiger partial charge in [-0.25, -0.2) is 4.39 Å². The lowest BCUT2D eigenvalue weighted by Crippen LogP contribution is -2.31. The van der Waals surface area contributed by atoms with Crippen LogP contribution in [0.3, 0.4) is 0 Å². The Labute approximate surface area is 105 Å². The number of nitrogens with one attached hydrogen (secondary N) is 1. The standard InChI is InChI=1S/C13H15ClFNO/c1-13(5-6-16-8-13)11(17)7-9-3-2-4-10(14)12(9)15/h2-4,16H,5-8H2,1H3. The lowest BCUT2D eigenvalue weighted by Gasteiger charge is -2.20. The average molecular weight is 256 g/mol. The molecule has 0 saturated carbocycles. The molecule has 1 N–H and O–H groups in total. The van der Waals surface area contributed by atoms with Crippen molar-refractivity contribution in [3.8, 4) is 0 Å². The van der Waals surface area contributed by atoms with Crippen LogP contribution >= 0.6 is 11.6 Å². The molecule has 17 heavy (non-hydrogen) atoms. The van der Waals surface area contributed by atoms with Crippen molar-refractivity contribution in [2.24, 2.45) is 5.41 Å². The van der Waals surface area contributed by atoms with Crippen LogP contribution in [-0.2, 0) is 11.2 Å². The van der Waals surface area contributed by atoms with Gasteiger partial charge in [-0.3, -0.25) is 4.79 Å². The van der Waals surface area contributed by atoms with E-state index in [1.54, 1.807) is 12.1 Å². The molecule has 1 heterocycles. The summed E-state index contributed by atoms with van der Waals surface area (Å²) in [6.07, 6.45) is 0.929. The van der Waals surface area contributed by atoms with Crippen molar-refractivity contribution < 1.29 is 9.18 Å². The molecule has 1 aliphatic heterocycles. The highest BCUT2D eigenvalue weighted by Gasteiger charge is 2.36. The molecule has 1 unspecified atom stereocenters. The fourth-order valence-electron chi connectivity index (χ4n) is 2.13.